The predicted octanol–water partition coefficient (Wildman–Crippen LogP) is 2.69. The van der Waals surface area contributed by atoms with Gasteiger partial charge >= 0.3 is 0 Å². The first-order valence-electron chi connectivity index (χ1n) is 7.63. The van der Waals surface area contributed by atoms with Crippen LogP contribution in [-0.2, 0) is 4.79 Å². The summed E-state index contributed by atoms with van der Waals surface area (Å²) in [4.78, 5) is 18.0. The Labute approximate surface area is 134 Å². The van der Waals surface area contributed by atoms with Crippen LogP contribution in [0.1, 0.15) is 37.5 Å². The molecule has 1 amide bonds. The predicted molar refractivity (Wildman–Crippen MR) is 85.7 cm³/mol. The lowest BCUT2D eigenvalue weighted by Gasteiger charge is -2.21. The highest BCUT2D eigenvalue weighted by molar-refractivity contribution is 5.97. The first-order valence-corrected chi connectivity index (χ1v) is 7.63. The van der Waals surface area contributed by atoms with Gasteiger partial charge in [0.1, 0.15) is 11.8 Å². The number of nitrogens with zero attached hydrogens (tertiary/aromatic N) is 3. The van der Waals surface area contributed by atoms with Crippen molar-refractivity contribution >= 4 is 17.3 Å². The van der Waals surface area contributed by atoms with Crippen LogP contribution in [0, 0.1) is 6.92 Å². The van der Waals surface area contributed by atoms with Gasteiger partial charge in [-0.3, -0.25) is 4.79 Å². The summed E-state index contributed by atoms with van der Waals surface area (Å²) in [5, 5.41) is 7.11. The molecular weight excluding hydrogens is 296 g/mol. The molecule has 0 radical (unpaired) electrons. The first kappa shape index (κ1) is 15.3. The van der Waals surface area contributed by atoms with Crippen molar-refractivity contribution in [3.05, 3.63) is 29.9 Å². The summed E-state index contributed by atoms with van der Waals surface area (Å²) in [6, 6.07) is 5.55. The molecule has 1 aliphatic heterocycles. The number of amides is 1. The molecule has 1 saturated heterocycles. The summed E-state index contributed by atoms with van der Waals surface area (Å²) in [6.45, 7) is 4.44. The van der Waals surface area contributed by atoms with E-state index < -0.39 is 0 Å². The van der Waals surface area contributed by atoms with Gasteiger partial charge in [0.25, 0.3) is 0 Å². The van der Waals surface area contributed by atoms with Crippen molar-refractivity contribution in [1.29, 1.82) is 0 Å². The second kappa shape index (κ2) is 6.28. The maximum absolute atomic E-state index is 12.0. The SMILES string of the molecule is COc1ccc(N[C@H](C)c2nc(C)no2)cc1N1CCCC1=O. The smallest absolute Gasteiger partial charge is 0.248 e. The van der Waals surface area contributed by atoms with E-state index in [0.29, 0.717) is 23.9 Å². The van der Waals surface area contributed by atoms with Crippen LogP contribution in [-0.4, -0.2) is 29.7 Å². The number of nitrogens with one attached hydrogen (secondary N) is 1. The lowest BCUT2D eigenvalue weighted by atomic mass is 10.2. The zero-order valence-electron chi connectivity index (χ0n) is 13.5. The molecule has 1 aromatic heterocycles. The molecule has 2 heterocycles. The number of carbonyl (C=O) groups is 1. The minimum Gasteiger partial charge on any atom is -0.495 e. The highest BCUT2D eigenvalue weighted by atomic mass is 16.5. The quantitative estimate of drug-likeness (QED) is 0.913. The van der Waals surface area contributed by atoms with Crippen molar-refractivity contribution in [3.63, 3.8) is 0 Å². The van der Waals surface area contributed by atoms with Crippen LogP contribution in [0.5, 0.6) is 5.75 Å². The topological polar surface area (TPSA) is 80.5 Å². The van der Waals surface area contributed by atoms with Gasteiger partial charge in [0.05, 0.1) is 12.8 Å². The minimum atomic E-state index is -0.133. The van der Waals surface area contributed by atoms with Crippen molar-refractivity contribution in [1.82, 2.24) is 10.1 Å². The van der Waals surface area contributed by atoms with Crippen molar-refractivity contribution in [2.45, 2.75) is 32.7 Å². The normalized spacial score (nSPS) is 15.8. The summed E-state index contributed by atoms with van der Waals surface area (Å²) in [5.74, 6) is 1.94. The molecule has 0 spiro atoms. The number of benzene rings is 1. The van der Waals surface area contributed by atoms with Gasteiger partial charge in [-0.25, -0.2) is 0 Å². The van der Waals surface area contributed by atoms with E-state index in [1.807, 2.05) is 25.1 Å². The molecule has 1 atom stereocenters. The van der Waals surface area contributed by atoms with E-state index in [1.54, 1.807) is 18.9 Å². The minimum absolute atomic E-state index is 0.126. The fraction of sp³-hybridized carbons (Fsp3) is 0.438. The number of aromatic nitrogens is 2. The number of rotatable bonds is 5. The third kappa shape index (κ3) is 3.13. The molecule has 1 fully saturated rings. The molecule has 0 bridgehead atoms. The average Bonchev–Trinajstić information content (AvgIpc) is 3.15. The van der Waals surface area contributed by atoms with Crippen LogP contribution < -0.4 is 15.0 Å². The highest BCUT2D eigenvalue weighted by Crippen LogP contribution is 2.34. The second-order valence-corrected chi connectivity index (χ2v) is 5.58. The number of carbonyl (C=O) groups excluding carboxylic acids is 1. The Balaban J connectivity index is 1.84. The molecule has 7 nitrogen and oxygen atoms in total. The summed E-state index contributed by atoms with van der Waals surface area (Å²) >= 11 is 0. The van der Waals surface area contributed by atoms with E-state index in [0.717, 1.165) is 24.3 Å². The molecule has 1 aliphatic rings. The molecule has 0 unspecified atom stereocenters. The molecule has 0 saturated carbocycles. The standard InChI is InChI=1S/C16H20N4O3/c1-10(16-18-11(2)19-23-16)17-12-6-7-14(22-3)13(9-12)20-8-4-5-15(20)21/h6-7,9-10,17H,4-5,8H2,1-3H3/t10-/m1/s1. The molecule has 3 rings (SSSR count). The third-order valence-corrected chi connectivity index (χ3v) is 3.84. The van der Waals surface area contributed by atoms with Crippen LogP contribution in [0.15, 0.2) is 22.7 Å². The van der Waals surface area contributed by atoms with E-state index in [4.69, 9.17) is 9.26 Å². The van der Waals surface area contributed by atoms with Crippen LogP contribution in [0.3, 0.4) is 0 Å². The fourth-order valence-electron chi connectivity index (χ4n) is 2.69. The van der Waals surface area contributed by atoms with Crippen molar-refractivity contribution in [2.75, 3.05) is 23.9 Å². The second-order valence-electron chi connectivity index (χ2n) is 5.58. The van der Waals surface area contributed by atoms with Gasteiger partial charge < -0.3 is 19.5 Å². The van der Waals surface area contributed by atoms with Gasteiger partial charge in [-0.2, -0.15) is 4.98 Å². The van der Waals surface area contributed by atoms with E-state index in [1.165, 1.54) is 0 Å². The Bertz CT molecular complexity index is 713. The van der Waals surface area contributed by atoms with Crippen LogP contribution in [0.2, 0.25) is 0 Å². The van der Waals surface area contributed by atoms with Gasteiger partial charge in [0.15, 0.2) is 5.82 Å². The molecule has 23 heavy (non-hydrogen) atoms. The van der Waals surface area contributed by atoms with Gasteiger partial charge in [-0.15, -0.1) is 0 Å². The fourth-order valence-corrected chi connectivity index (χ4v) is 2.69. The van der Waals surface area contributed by atoms with Crippen molar-refractivity contribution < 1.29 is 14.1 Å². The number of methoxy groups -OCH3 is 1. The Hall–Kier alpha value is -2.57. The molecule has 0 aliphatic carbocycles. The van der Waals surface area contributed by atoms with Crippen LogP contribution in [0.4, 0.5) is 11.4 Å². The van der Waals surface area contributed by atoms with Crippen LogP contribution >= 0.6 is 0 Å². The monoisotopic (exact) mass is 316 g/mol. The Morgan fingerprint density at radius 2 is 2.26 bits per heavy atom. The van der Waals surface area contributed by atoms with E-state index in [9.17, 15) is 4.79 Å². The van der Waals surface area contributed by atoms with E-state index in [-0.39, 0.29) is 11.9 Å². The number of hydrogen-bond acceptors (Lipinski definition) is 6. The van der Waals surface area contributed by atoms with Crippen molar-refractivity contribution in [2.24, 2.45) is 0 Å². The van der Waals surface area contributed by atoms with Gasteiger partial charge in [-0.05, 0) is 38.5 Å². The third-order valence-electron chi connectivity index (χ3n) is 3.84. The summed E-state index contributed by atoms with van der Waals surface area (Å²) in [6.07, 6.45) is 1.45. The van der Waals surface area contributed by atoms with E-state index in [2.05, 4.69) is 15.5 Å². The lowest BCUT2D eigenvalue weighted by Crippen LogP contribution is -2.24. The molecule has 2 aromatic rings. The maximum atomic E-state index is 12.0. The Morgan fingerprint density at radius 3 is 2.87 bits per heavy atom. The largest absolute Gasteiger partial charge is 0.495 e. The summed E-state index contributed by atoms with van der Waals surface area (Å²) in [7, 11) is 1.61. The summed E-state index contributed by atoms with van der Waals surface area (Å²) < 4.78 is 10.6. The number of aryl methyl sites for hydroxylation is 1. The van der Waals surface area contributed by atoms with Crippen LogP contribution in [0.25, 0.3) is 0 Å². The first-order chi connectivity index (χ1) is 11.1. The van der Waals surface area contributed by atoms with Crippen molar-refractivity contribution in [3.8, 4) is 5.75 Å². The molecular formula is C16H20N4O3. The summed E-state index contributed by atoms with van der Waals surface area (Å²) in [5.41, 5.74) is 1.65. The number of anilines is 2. The molecule has 7 heteroatoms. The maximum Gasteiger partial charge on any atom is 0.248 e. The molecule has 1 aromatic carbocycles. The Kier molecular flexibility index (Phi) is 4.18. The van der Waals surface area contributed by atoms with Gasteiger partial charge in [0.2, 0.25) is 11.8 Å². The number of ether oxygens (including phenoxy) is 1. The molecule has 122 valence electrons. The zero-order chi connectivity index (χ0) is 16.4. The highest BCUT2D eigenvalue weighted by Gasteiger charge is 2.25. The molecule has 1 N–H and O–H groups in total. The zero-order valence-corrected chi connectivity index (χ0v) is 13.5. The van der Waals surface area contributed by atoms with Gasteiger partial charge in [0, 0.05) is 18.7 Å². The van der Waals surface area contributed by atoms with Gasteiger partial charge in [-0.1, -0.05) is 5.16 Å². The lowest BCUT2D eigenvalue weighted by molar-refractivity contribution is -0.117. The Morgan fingerprint density at radius 1 is 1.43 bits per heavy atom. The average molecular weight is 316 g/mol. The van der Waals surface area contributed by atoms with E-state index >= 15 is 0 Å². The number of hydrogen-bond donors (Lipinski definition) is 1.